The van der Waals surface area contributed by atoms with Crippen LogP contribution in [0.25, 0.3) is 0 Å². The maximum atomic E-state index is 13.7. The smallest absolute Gasteiger partial charge is 0.243 e. The molecular formula is C32H37ClN2O3. The minimum absolute atomic E-state index is 0.0834. The van der Waals surface area contributed by atoms with Crippen LogP contribution in [0.1, 0.15) is 55.2 Å². The topological polar surface area (TPSA) is 58.6 Å². The number of aryl methyl sites for hydroxylation is 1. The van der Waals surface area contributed by atoms with Crippen LogP contribution in [-0.4, -0.2) is 35.4 Å². The van der Waals surface area contributed by atoms with Gasteiger partial charge in [-0.2, -0.15) is 0 Å². The Labute approximate surface area is 231 Å². The first-order valence-electron chi connectivity index (χ1n) is 13.6. The molecule has 0 spiro atoms. The van der Waals surface area contributed by atoms with Crippen LogP contribution >= 0.6 is 11.6 Å². The van der Waals surface area contributed by atoms with Gasteiger partial charge in [-0.1, -0.05) is 90.7 Å². The predicted octanol–water partition coefficient (Wildman–Crippen LogP) is 6.51. The number of nitrogens with one attached hydrogen (secondary N) is 1. The van der Waals surface area contributed by atoms with Crippen molar-refractivity contribution < 1.29 is 14.3 Å². The first-order chi connectivity index (χ1) is 18.5. The number of amides is 2. The van der Waals surface area contributed by atoms with Crippen LogP contribution < -0.4 is 10.1 Å². The Morgan fingerprint density at radius 2 is 1.66 bits per heavy atom. The number of rotatable bonds is 12. The lowest BCUT2D eigenvalue weighted by Gasteiger charge is -2.32. The normalized spacial score (nSPS) is 14.2. The molecule has 0 aromatic heterocycles. The molecule has 3 aromatic carbocycles. The zero-order valence-corrected chi connectivity index (χ0v) is 22.8. The summed E-state index contributed by atoms with van der Waals surface area (Å²) >= 11 is 6.50. The first-order valence-corrected chi connectivity index (χ1v) is 13.9. The first kappa shape index (κ1) is 27.7. The zero-order chi connectivity index (χ0) is 26.7. The molecule has 200 valence electrons. The quantitative estimate of drug-likeness (QED) is 0.271. The Morgan fingerprint density at radius 3 is 2.37 bits per heavy atom. The van der Waals surface area contributed by atoms with Crippen molar-refractivity contribution in [3.63, 3.8) is 0 Å². The van der Waals surface area contributed by atoms with Gasteiger partial charge in [-0.3, -0.25) is 9.59 Å². The van der Waals surface area contributed by atoms with E-state index < -0.39 is 6.04 Å². The van der Waals surface area contributed by atoms with Gasteiger partial charge in [-0.25, -0.2) is 0 Å². The van der Waals surface area contributed by atoms with Gasteiger partial charge < -0.3 is 15.0 Å². The predicted molar refractivity (Wildman–Crippen MR) is 152 cm³/mol. The summed E-state index contributed by atoms with van der Waals surface area (Å²) < 4.78 is 5.85. The van der Waals surface area contributed by atoms with E-state index in [0.717, 1.165) is 42.6 Å². The van der Waals surface area contributed by atoms with Gasteiger partial charge >= 0.3 is 0 Å². The van der Waals surface area contributed by atoms with Crippen LogP contribution in [0.5, 0.6) is 5.75 Å². The number of nitrogens with zero attached hydrogens (tertiary/aromatic N) is 1. The Balaban J connectivity index is 1.52. The second-order valence-corrected chi connectivity index (χ2v) is 10.5. The van der Waals surface area contributed by atoms with Crippen LogP contribution in [0.15, 0.2) is 78.9 Å². The maximum Gasteiger partial charge on any atom is 0.243 e. The molecule has 0 saturated heterocycles. The highest BCUT2D eigenvalue weighted by Gasteiger charge is 2.32. The highest BCUT2D eigenvalue weighted by atomic mass is 35.5. The lowest BCUT2D eigenvalue weighted by atomic mass is 10.0. The zero-order valence-electron chi connectivity index (χ0n) is 22.1. The summed E-state index contributed by atoms with van der Waals surface area (Å²) in [6.07, 6.45) is 5.48. The average Bonchev–Trinajstić information content (AvgIpc) is 3.44. The molecule has 5 nitrogen and oxygen atoms in total. The lowest BCUT2D eigenvalue weighted by molar-refractivity contribution is -0.141. The molecule has 1 N–H and O–H groups in total. The second kappa shape index (κ2) is 14.0. The Kier molecular flexibility index (Phi) is 10.2. The lowest BCUT2D eigenvalue weighted by Crippen LogP contribution is -2.52. The van der Waals surface area contributed by atoms with Crippen molar-refractivity contribution >= 4 is 23.4 Å². The fourth-order valence-corrected chi connectivity index (χ4v) is 5.12. The third kappa shape index (κ3) is 8.09. The Morgan fingerprint density at radius 1 is 0.974 bits per heavy atom. The van der Waals surface area contributed by atoms with Crippen molar-refractivity contribution in [2.45, 2.75) is 70.5 Å². The number of hydrogen-bond acceptors (Lipinski definition) is 3. The van der Waals surface area contributed by atoms with Crippen LogP contribution in [-0.2, 0) is 22.6 Å². The minimum Gasteiger partial charge on any atom is -0.494 e. The van der Waals surface area contributed by atoms with Crippen molar-refractivity contribution in [2.24, 2.45) is 0 Å². The van der Waals surface area contributed by atoms with E-state index in [1.807, 2.05) is 85.8 Å². The fraction of sp³-hybridized carbons (Fsp3) is 0.375. The minimum atomic E-state index is -0.639. The van der Waals surface area contributed by atoms with E-state index in [2.05, 4.69) is 5.32 Å². The third-order valence-corrected chi connectivity index (χ3v) is 7.46. The summed E-state index contributed by atoms with van der Waals surface area (Å²) in [7, 11) is 0. The molecule has 0 bridgehead atoms. The standard InChI is InChI=1S/C32H37ClN2O3/c1-24-17-19-28(20-18-24)38-21-9-16-31(36)35(23-26-12-5-8-15-29(26)33)30(22-25-10-3-2-4-11-25)32(37)34-27-13-6-7-14-27/h2-5,8,10-12,15,17-20,27,30H,6-7,9,13-14,16,21-23H2,1H3,(H,34,37)/t30-/m0/s1. The molecule has 0 aliphatic heterocycles. The molecule has 0 heterocycles. The molecule has 3 aromatic rings. The van der Waals surface area contributed by atoms with Gasteiger partial charge in [-0.15, -0.1) is 0 Å². The van der Waals surface area contributed by atoms with Gasteiger partial charge in [0.15, 0.2) is 0 Å². The average molecular weight is 533 g/mol. The molecule has 1 saturated carbocycles. The molecule has 2 amide bonds. The van der Waals surface area contributed by atoms with Gasteiger partial charge in [0.2, 0.25) is 11.8 Å². The number of ether oxygens (including phenoxy) is 1. The molecule has 1 fully saturated rings. The van der Waals surface area contributed by atoms with Crippen LogP contribution in [0.3, 0.4) is 0 Å². The van der Waals surface area contributed by atoms with E-state index in [-0.39, 0.29) is 30.8 Å². The number of halogens is 1. The van der Waals surface area contributed by atoms with Crippen molar-refractivity contribution in [1.82, 2.24) is 10.2 Å². The van der Waals surface area contributed by atoms with Crippen molar-refractivity contribution in [3.8, 4) is 5.75 Å². The molecule has 1 aliphatic rings. The maximum absolute atomic E-state index is 13.7. The molecule has 1 aliphatic carbocycles. The number of carbonyl (C=O) groups excluding carboxylic acids is 2. The highest BCUT2D eigenvalue weighted by molar-refractivity contribution is 6.31. The summed E-state index contributed by atoms with van der Waals surface area (Å²) in [5.41, 5.74) is 3.01. The summed E-state index contributed by atoms with van der Waals surface area (Å²) in [6, 6.07) is 24.8. The van der Waals surface area contributed by atoms with Crippen molar-refractivity contribution in [3.05, 3.63) is 101 Å². The SMILES string of the molecule is Cc1ccc(OCCCC(=O)N(Cc2ccccc2Cl)[C@@H](Cc2ccccc2)C(=O)NC2CCCC2)cc1. The molecule has 6 heteroatoms. The van der Waals surface area contributed by atoms with E-state index in [0.29, 0.717) is 24.5 Å². The molecule has 0 unspecified atom stereocenters. The van der Waals surface area contributed by atoms with Gasteiger partial charge in [0.05, 0.1) is 6.61 Å². The van der Waals surface area contributed by atoms with Crippen LogP contribution in [0.4, 0.5) is 0 Å². The van der Waals surface area contributed by atoms with Gasteiger partial charge in [0.1, 0.15) is 11.8 Å². The van der Waals surface area contributed by atoms with Crippen molar-refractivity contribution in [2.75, 3.05) is 6.61 Å². The van der Waals surface area contributed by atoms with E-state index in [4.69, 9.17) is 16.3 Å². The molecule has 38 heavy (non-hydrogen) atoms. The van der Waals surface area contributed by atoms with Crippen molar-refractivity contribution in [1.29, 1.82) is 0 Å². The van der Waals surface area contributed by atoms with E-state index >= 15 is 0 Å². The van der Waals surface area contributed by atoms with E-state index in [1.54, 1.807) is 4.90 Å². The monoisotopic (exact) mass is 532 g/mol. The third-order valence-electron chi connectivity index (χ3n) is 7.10. The van der Waals surface area contributed by atoms with Gasteiger partial charge in [0.25, 0.3) is 0 Å². The highest BCUT2D eigenvalue weighted by Crippen LogP contribution is 2.23. The number of carbonyl (C=O) groups is 2. The number of benzene rings is 3. The van der Waals surface area contributed by atoms with E-state index in [9.17, 15) is 9.59 Å². The Bertz CT molecular complexity index is 1180. The summed E-state index contributed by atoms with van der Waals surface area (Å²) in [6.45, 7) is 2.73. The molecule has 0 radical (unpaired) electrons. The summed E-state index contributed by atoms with van der Waals surface area (Å²) in [5, 5.41) is 3.82. The Hall–Kier alpha value is -3.31. The molecule has 4 rings (SSSR count). The van der Waals surface area contributed by atoms with E-state index in [1.165, 1.54) is 5.56 Å². The van der Waals surface area contributed by atoms with Gasteiger partial charge in [-0.05, 0) is 55.5 Å². The van der Waals surface area contributed by atoms with Crippen LogP contribution in [0, 0.1) is 6.92 Å². The second-order valence-electron chi connectivity index (χ2n) is 10.1. The summed E-state index contributed by atoms with van der Waals surface area (Å²) in [5.74, 6) is 0.603. The van der Waals surface area contributed by atoms with Crippen LogP contribution in [0.2, 0.25) is 5.02 Å². The fourth-order valence-electron chi connectivity index (χ4n) is 4.92. The molecule has 1 atom stereocenters. The largest absolute Gasteiger partial charge is 0.494 e. The molecular weight excluding hydrogens is 496 g/mol. The number of hydrogen-bond donors (Lipinski definition) is 1. The summed E-state index contributed by atoms with van der Waals surface area (Å²) in [4.78, 5) is 29.2. The van der Waals surface area contributed by atoms with Gasteiger partial charge in [0, 0.05) is 30.5 Å².